The summed E-state index contributed by atoms with van der Waals surface area (Å²) in [6.45, 7) is 16.9. The largest absolute Gasteiger partial charge is 0.308 e. The van der Waals surface area contributed by atoms with E-state index >= 15 is 0 Å². The number of nitrogens with one attached hydrogen (secondary N) is 1. The molecule has 44 heavy (non-hydrogen) atoms. The minimum absolute atomic E-state index is 0.0582. The van der Waals surface area contributed by atoms with E-state index in [1.165, 1.54) is 39.1 Å². The van der Waals surface area contributed by atoms with Gasteiger partial charge in [0.05, 0.1) is 17.4 Å². The van der Waals surface area contributed by atoms with E-state index in [0.717, 1.165) is 17.3 Å². The normalized spacial score (nSPS) is 11.6. The molecule has 232 valence electrons. The summed E-state index contributed by atoms with van der Waals surface area (Å²) in [4.78, 5) is 5.08. The SMILES string of the molecule is C/C=C\C.CC.CC(C)/C=C/CC(C)C.CNC(c1ccccc1)c1cccc(-c2cc3ccccc3c3ccccc23)n1. The summed E-state index contributed by atoms with van der Waals surface area (Å²) in [7, 11) is 1.98. The minimum atomic E-state index is 0.0582. The number of nitrogens with zero attached hydrogens (tertiary/aromatic N) is 1. The Morgan fingerprint density at radius 3 is 1.86 bits per heavy atom. The quantitative estimate of drug-likeness (QED) is 0.152. The maximum absolute atomic E-state index is 5.08. The van der Waals surface area contributed by atoms with Crippen LogP contribution in [0.4, 0.5) is 0 Å². The molecule has 1 heterocycles. The van der Waals surface area contributed by atoms with Crippen LogP contribution in [0.2, 0.25) is 0 Å². The lowest BCUT2D eigenvalue weighted by atomic mass is 9.95. The van der Waals surface area contributed by atoms with Gasteiger partial charge >= 0.3 is 0 Å². The monoisotopic (exact) mass is 586 g/mol. The third-order valence-electron chi connectivity index (χ3n) is 6.99. The van der Waals surface area contributed by atoms with E-state index in [9.17, 15) is 0 Å². The molecular weight excluding hydrogens is 532 g/mol. The standard InChI is InChI=1S/C27H22N2.C9H18.C4H8.C2H6/c1-28-27(19-10-3-2-4-11-19)26-17-9-16-25(29-26)24-18-20-12-5-6-13-21(20)22-14-7-8-15-23(22)24;1-8(2)6-5-7-9(3)4;1-3-4-2;1-2/h2-18,27-28H,1H3;5-6,8-9H,7H2,1-4H3;3-4H,1-2H3;1-2H3/b;6-5+;4-3-;. The van der Waals surface area contributed by atoms with Crippen molar-refractivity contribution in [3.63, 3.8) is 0 Å². The molecule has 1 unspecified atom stereocenters. The van der Waals surface area contributed by atoms with E-state index < -0.39 is 0 Å². The fourth-order valence-electron chi connectivity index (χ4n) is 4.78. The molecule has 4 aromatic carbocycles. The number of allylic oxidation sites excluding steroid dienone is 4. The molecule has 0 bridgehead atoms. The highest BCUT2D eigenvalue weighted by Gasteiger charge is 2.15. The number of hydrogen-bond acceptors (Lipinski definition) is 2. The molecule has 1 aromatic heterocycles. The van der Waals surface area contributed by atoms with Gasteiger partial charge in [-0.1, -0.05) is 151 Å². The first kappa shape index (κ1) is 36.2. The van der Waals surface area contributed by atoms with Crippen LogP contribution in [0.15, 0.2) is 127 Å². The predicted octanol–water partition coefficient (Wildman–Crippen LogP) is 12.2. The van der Waals surface area contributed by atoms with Gasteiger partial charge in [-0.05, 0) is 84.5 Å². The fraction of sp³-hybridized carbons (Fsp3) is 0.310. The van der Waals surface area contributed by atoms with Crippen LogP contribution < -0.4 is 5.32 Å². The summed E-state index contributed by atoms with van der Waals surface area (Å²) in [5.74, 6) is 1.52. The third kappa shape index (κ3) is 10.9. The van der Waals surface area contributed by atoms with Crippen LogP contribution in [0, 0.1) is 11.8 Å². The lowest BCUT2D eigenvalue weighted by Crippen LogP contribution is -2.18. The molecule has 2 heteroatoms. The highest BCUT2D eigenvalue weighted by Crippen LogP contribution is 2.34. The molecule has 1 N–H and O–H groups in total. The zero-order valence-electron chi connectivity index (χ0n) is 28.5. The van der Waals surface area contributed by atoms with Gasteiger partial charge in [0.1, 0.15) is 0 Å². The second kappa shape index (κ2) is 20.0. The first-order valence-corrected chi connectivity index (χ1v) is 16.2. The summed E-state index contributed by atoms with van der Waals surface area (Å²) in [6, 6.07) is 36.3. The van der Waals surface area contributed by atoms with Crippen LogP contribution in [-0.4, -0.2) is 12.0 Å². The number of fused-ring (bicyclic) bond motifs is 3. The average Bonchev–Trinajstić information content (AvgIpc) is 3.06. The Bertz CT molecular complexity index is 1560. The molecule has 0 amide bonds. The van der Waals surface area contributed by atoms with Gasteiger partial charge in [0.15, 0.2) is 0 Å². The second-order valence-electron chi connectivity index (χ2n) is 11.2. The number of benzene rings is 4. The third-order valence-corrected chi connectivity index (χ3v) is 6.99. The first-order valence-electron chi connectivity index (χ1n) is 16.2. The Kier molecular flexibility index (Phi) is 16.5. The summed E-state index contributed by atoms with van der Waals surface area (Å²) in [5, 5.41) is 8.43. The fourth-order valence-corrected chi connectivity index (χ4v) is 4.78. The van der Waals surface area contributed by atoms with Crippen molar-refractivity contribution in [3.8, 4) is 11.3 Å². The molecule has 5 aromatic rings. The van der Waals surface area contributed by atoms with Crippen LogP contribution in [-0.2, 0) is 0 Å². The molecule has 0 aliphatic heterocycles. The predicted molar refractivity (Wildman–Crippen MR) is 197 cm³/mol. The summed E-state index contributed by atoms with van der Waals surface area (Å²) < 4.78 is 0. The highest BCUT2D eigenvalue weighted by atomic mass is 14.9. The van der Waals surface area contributed by atoms with Gasteiger partial charge in [0, 0.05) is 5.56 Å². The summed E-state index contributed by atoms with van der Waals surface area (Å²) in [5.41, 5.74) is 4.40. The van der Waals surface area contributed by atoms with Crippen LogP contribution >= 0.6 is 0 Å². The molecule has 0 fully saturated rings. The summed E-state index contributed by atoms with van der Waals surface area (Å²) >= 11 is 0. The molecule has 0 spiro atoms. The Morgan fingerprint density at radius 2 is 1.27 bits per heavy atom. The van der Waals surface area contributed by atoms with Crippen molar-refractivity contribution in [2.75, 3.05) is 7.05 Å². The Hall–Kier alpha value is -4.01. The molecule has 0 aliphatic carbocycles. The maximum Gasteiger partial charge on any atom is 0.0749 e. The molecule has 0 radical (unpaired) electrons. The van der Waals surface area contributed by atoms with Gasteiger partial charge in [0.2, 0.25) is 0 Å². The van der Waals surface area contributed by atoms with E-state index in [4.69, 9.17) is 4.98 Å². The molecule has 0 saturated heterocycles. The van der Waals surface area contributed by atoms with E-state index in [1.807, 2.05) is 53.0 Å². The Morgan fingerprint density at radius 1 is 0.682 bits per heavy atom. The molecule has 1 atom stereocenters. The van der Waals surface area contributed by atoms with Gasteiger partial charge < -0.3 is 5.32 Å². The van der Waals surface area contributed by atoms with Gasteiger partial charge in [-0.25, -0.2) is 0 Å². The van der Waals surface area contributed by atoms with Gasteiger partial charge in [-0.2, -0.15) is 0 Å². The van der Waals surface area contributed by atoms with Crippen molar-refractivity contribution in [2.45, 2.75) is 67.9 Å². The maximum atomic E-state index is 5.08. The van der Waals surface area contributed by atoms with Gasteiger partial charge in [-0.3, -0.25) is 4.98 Å². The first-order chi connectivity index (χ1) is 21.4. The number of hydrogen-bond donors (Lipinski definition) is 1. The van der Waals surface area contributed by atoms with Crippen molar-refractivity contribution in [3.05, 3.63) is 139 Å². The zero-order valence-corrected chi connectivity index (χ0v) is 28.5. The smallest absolute Gasteiger partial charge is 0.0749 e. The van der Waals surface area contributed by atoms with Crippen molar-refractivity contribution in [2.24, 2.45) is 11.8 Å². The minimum Gasteiger partial charge on any atom is -0.308 e. The van der Waals surface area contributed by atoms with Crippen molar-refractivity contribution < 1.29 is 0 Å². The zero-order chi connectivity index (χ0) is 32.3. The average molecular weight is 587 g/mol. The van der Waals surface area contributed by atoms with E-state index in [-0.39, 0.29) is 6.04 Å². The van der Waals surface area contributed by atoms with Gasteiger partial charge in [0.25, 0.3) is 0 Å². The lowest BCUT2D eigenvalue weighted by Gasteiger charge is -2.18. The highest BCUT2D eigenvalue weighted by molar-refractivity contribution is 6.13. The number of rotatable bonds is 7. The van der Waals surface area contributed by atoms with E-state index in [0.29, 0.717) is 5.92 Å². The lowest BCUT2D eigenvalue weighted by molar-refractivity contribution is 0.659. The van der Waals surface area contributed by atoms with E-state index in [2.05, 4.69) is 142 Å². The molecular formula is C42H54N2. The Labute approximate surface area is 268 Å². The van der Waals surface area contributed by atoms with Crippen molar-refractivity contribution in [1.82, 2.24) is 10.3 Å². The van der Waals surface area contributed by atoms with Gasteiger partial charge in [-0.15, -0.1) is 0 Å². The number of aromatic nitrogens is 1. The number of pyridine rings is 1. The second-order valence-corrected chi connectivity index (χ2v) is 11.2. The van der Waals surface area contributed by atoms with Crippen LogP contribution in [0.1, 0.15) is 79.1 Å². The molecule has 0 saturated carbocycles. The summed E-state index contributed by atoms with van der Waals surface area (Å²) in [6.07, 6.45) is 9.76. The van der Waals surface area contributed by atoms with E-state index in [1.54, 1.807) is 0 Å². The molecule has 2 nitrogen and oxygen atoms in total. The Balaban J connectivity index is 0.000000379. The van der Waals surface area contributed by atoms with Crippen LogP contribution in [0.25, 0.3) is 32.8 Å². The molecule has 0 aliphatic rings. The topological polar surface area (TPSA) is 24.9 Å². The van der Waals surface area contributed by atoms with Crippen molar-refractivity contribution in [1.29, 1.82) is 0 Å². The van der Waals surface area contributed by atoms with Crippen LogP contribution in [0.5, 0.6) is 0 Å². The van der Waals surface area contributed by atoms with Crippen molar-refractivity contribution >= 4 is 21.5 Å². The van der Waals surface area contributed by atoms with Crippen LogP contribution in [0.3, 0.4) is 0 Å². The molecule has 5 rings (SSSR count).